The summed E-state index contributed by atoms with van der Waals surface area (Å²) in [5, 5.41) is 54.2. The van der Waals surface area contributed by atoms with Gasteiger partial charge in [0.15, 0.2) is 0 Å². The minimum atomic E-state index is -1.16. The van der Waals surface area contributed by atoms with E-state index in [-0.39, 0.29) is 13.2 Å². The predicted molar refractivity (Wildman–Crippen MR) is 115 cm³/mol. The molecule has 6 N–H and O–H groups in total. The molecule has 0 aromatic rings. The van der Waals surface area contributed by atoms with Gasteiger partial charge >= 0.3 is 0 Å². The molecule has 0 fully saturated rings. The van der Waals surface area contributed by atoms with Crippen molar-refractivity contribution in [1.29, 1.82) is 0 Å². The van der Waals surface area contributed by atoms with Crippen molar-refractivity contribution in [2.45, 2.75) is 46.5 Å². The smallest absolute Gasteiger partial charge is 0.0629 e. The van der Waals surface area contributed by atoms with Crippen LogP contribution in [0.3, 0.4) is 0 Å². The average Bonchev–Trinajstić information content (AvgIpc) is 2.77. The fourth-order valence-corrected chi connectivity index (χ4v) is 1.65. The summed E-state index contributed by atoms with van der Waals surface area (Å²) in [5.41, 5.74) is -2.32. The predicted octanol–water partition coefficient (Wildman–Crippen LogP) is 0.725. The Morgan fingerprint density at radius 2 is 0.966 bits per heavy atom. The van der Waals surface area contributed by atoms with Crippen LogP contribution in [-0.4, -0.2) is 96.7 Å². The second-order valence-corrected chi connectivity index (χ2v) is 7.13. The number of aliphatic hydroxyl groups excluding tert-OH is 6. The number of rotatable bonds is 16. The van der Waals surface area contributed by atoms with Crippen molar-refractivity contribution >= 4 is 0 Å². The fraction of sp³-hybridized carbons (Fsp3) is 0.905. The van der Waals surface area contributed by atoms with Crippen LogP contribution in [0.2, 0.25) is 0 Å². The molecule has 0 unspecified atom stereocenters. The Hall–Kier alpha value is -0.580. The topological polar surface area (TPSA) is 140 Å². The first-order valence-corrected chi connectivity index (χ1v) is 10.3. The summed E-state index contributed by atoms with van der Waals surface area (Å²) in [6, 6.07) is 0. The standard InChI is InChI=1S/C10H22O7.C6H14O.C5H10/c11-1-9(2-12,3-13)7-17-8-10(4-14,5-15)6-16;1-3-5-7-6-4-2;1-3-5-4-2/h11-16H,1-8H2;3-6H2,1-2H3;3H,1,4-5H2,2H3. The molecule has 0 saturated carbocycles. The van der Waals surface area contributed by atoms with Crippen molar-refractivity contribution in [2.75, 3.05) is 66.1 Å². The third-order valence-corrected chi connectivity index (χ3v) is 4.02. The Morgan fingerprint density at radius 3 is 1.14 bits per heavy atom. The molecule has 0 aromatic carbocycles. The van der Waals surface area contributed by atoms with Crippen LogP contribution < -0.4 is 0 Å². The fourth-order valence-electron chi connectivity index (χ4n) is 1.65. The second-order valence-electron chi connectivity index (χ2n) is 7.13. The van der Waals surface area contributed by atoms with Gasteiger partial charge in [-0.25, -0.2) is 0 Å². The first-order valence-electron chi connectivity index (χ1n) is 10.3. The molecule has 0 aliphatic heterocycles. The molecule has 0 aromatic heterocycles. The number of allylic oxidation sites excluding steroid dienone is 1. The van der Waals surface area contributed by atoms with Gasteiger partial charge in [-0.1, -0.05) is 33.3 Å². The molecular weight excluding hydrogens is 380 g/mol. The molecule has 0 spiro atoms. The third-order valence-electron chi connectivity index (χ3n) is 4.02. The lowest BCUT2D eigenvalue weighted by Crippen LogP contribution is -2.43. The lowest BCUT2D eigenvalue weighted by atomic mass is 9.91. The first kappa shape index (κ1) is 33.1. The van der Waals surface area contributed by atoms with Crippen LogP contribution >= 0.6 is 0 Å². The summed E-state index contributed by atoms with van der Waals surface area (Å²) >= 11 is 0. The maximum atomic E-state index is 9.03. The van der Waals surface area contributed by atoms with E-state index in [2.05, 4.69) is 27.4 Å². The minimum absolute atomic E-state index is 0.141. The van der Waals surface area contributed by atoms with Crippen LogP contribution in [-0.2, 0) is 9.47 Å². The molecule has 0 amide bonds. The maximum absolute atomic E-state index is 9.03. The quantitative estimate of drug-likeness (QED) is 0.157. The molecule has 0 radical (unpaired) electrons. The molecule has 0 atom stereocenters. The summed E-state index contributed by atoms with van der Waals surface area (Å²) in [6.45, 7) is 8.78. The summed E-state index contributed by atoms with van der Waals surface area (Å²) < 4.78 is 10.3. The maximum Gasteiger partial charge on any atom is 0.0629 e. The van der Waals surface area contributed by atoms with Crippen molar-refractivity contribution < 1.29 is 40.1 Å². The summed E-state index contributed by atoms with van der Waals surface area (Å²) in [4.78, 5) is 0. The molecule has 0 heterocycles. The lowest BCUT2D eigenvalue weighted by Gasteiger charge is -2.31. The molecule has 0 bridgehead atoms. The van der Waals surface area contributed by atoms with Crippen LogP contribution in [0.4, 0.5) is 0 Å². The van der Waals surface area contributed by atoms with Gasteiger partial charge in [0.25, 0.3) is 0 Å². The Labute approximate surface area is 176 Å². The van der Waals surface area contributed by atoms with E-state index >= 15 is 0 Å². The first-order chi connectivity index (χ1) is 13.9. The van der Waals surface area contributed by atoms with Gasteiger partial charge < -0.3 is 40.1 Å². The van der Waals surface area contributed by atoms with Gasteiger partial charge in [0.2, 0.25) is 0 Å². The average molecular weight is 427 g/mol. The van der Waals surface area contributed by atoms with E-state index in [0.717, 1.165) is 32.5 Å². The van der Waals surface area contributed by atoms with Crippen LogP contribution in [0.25, 0.3) is 0 Å². The van der Waals surface area contributed by atoms with Gasteiger partial charge in [0, 0.05) is 13.2 Å². The highest BCUT2D eigenvalue weighted by Crippen LogP contribution is 2.19. The molecule has 8 heteroatoms. The van der Waals surface area contributed by atoms with E-state index in [4.69, 9.17) is 40.1 Å². The van der Waals surface area contributed by atoms with Crippen molar-refractivity contribution in [3.8, 4) is 0 Å². The van der Waals surface area contributed by atoms with E-state index in [9.17, 15) is 0 Å². The minimum Gasteiger partial charge on any atom is -0.396 e. The molecule has 178 valence electrons. The lowest BCUT2D eigenvalue weighted by molar-refractivity contribution is -0.103. The molecule has 0 aliphatic rings. The largest absolute Gasteiger partial charge is 0.396 e. The summed E-state index contributed by atoms with van der Waals surface area (Å²) in [6.07, 6.45) is 6.59. The van der Waals surface area contributed by atoms with Gasteiger partial charge in [-0.05, 0) is 19.3 Å². The Balaban J connectivity index is -0.000000461. The SMILES string of the molecule is C=CCCC.CCCOCCC.OCC(CO)(CO)COCC(CO)(CO)CO. The normalized spacial score (nSPS) is 11.2. The van der Waals surface area contributed by atoms with E-state index < -0.39 is 50.5 Å². The molecule has 0 rings (SSSR count). The van der Waals surface area contributed by atoms with Gasteiger partial charge in [-0.15, -0.1) is 6.58 Å². The number of ether oxygens (including phenoxy) is 2. The zero-order valence-corrected chi connectivity index (χ0v) is 18.7. The van der Waals surface area contributed by atoms with Gasteiger partial charge in [0.05, 0.1) is 63.7 Å². The highest BCUT2D eigenvalue weighted by atomic mass is 16.5. The van der Waals surface area contributed by atoms with Crippen LogP contribution in [0, 0.1) is 10.8 Å². The van der Waals surface area contributed by atoms with Crippen LogP contribution in [0.5, 0.6) is 0 Å². The monoisotopic (exact) mass is 426 g/mol. The Bertz CT molecular complexity index is 277. The van der Waals surface area contributed by atoms with Crippen molar-refractivity contribution in [1.82, 2.24) is 0 Å². The van der Waals surface area contributed by atoms with E-state index in [0.29, 0.717) is 0 Å². The summed E-state index contributed by atoms with van der Waals surface area (Å²) in [5.74, 6) is 0. The molecule has 29 heavy (non-hydrogen) atoms. The van der Waals surface area contributed by atoms with E-state index in [1.165, 1.54) is 6.42 Å². The highest BCUT2D eigenvalue weighted by molar-refractivity contribution is 4.80. The molecule has 0 saturated heterocycles. The number of aliphatic hydroxyl groups is 6. The molecular formula is C21H46O8. The Kier molecular flexibility index (Phi) is 27.0. The highest BCUT2D eigenvalue weighted by Gasteiger charge is 2.32. The third kappa shape index (κ3) is 17.9. The zero-order chi connectivity index (χ0) is 23.0. The summed E-state index contributed by atoms with van der Waals surface area (Å²) in [7, 11) is 0. The number of hydrogen-bond donors (Lipinski definition) is 6. The van der Waals surface area contributed by atoms with E-state index in [1.807, 2.05) is 6.08 Å². The van der Waals surface area contributed by atoms with Crippen molar-refractivity contribution in [3.05, 3.63) is 12.7 Å². The van der Waals surface area contributed by atoms with Crippen LogP contribution in [0.1, 0.15) is 46.5 Å². The zero-order valence-electron chi connectivity index (χ0n) is 18.7. The molecule has 0 aliphatic carbocycles. The van der Waals surface area contributed by atoms with Crippen molar-refractivity contribution in [2.24, 2.45) is 10.8 Å². The Morgan fingerprint density at radius 1 is 0.621 bits per heavy atom. The van der Waals surface area contributed by atoms with Gasteiger partial charge in [-0.2, -0.15) is 0 Å². The van der Waals surface area contributed by atoms with Crippen molar-refractivity contribution in [3.63, 3.8) is 0 Å². The van der Waals surface area contributed by atoms with Crippen LogP contribution in [0.15, 0.2) is 12.7 Å². The number of unbranched alkanes of at least 4 members (excludes halogenated alkanes) is 1. The van der Waals surface area contributed by atoms with Gasteiger partial charge in [0.1, 0.15) is 0 Å². The second kappa shape index (κ2) is 23.7. The number of hydrogen-bond acceptors (Lipinski definition) is 8. The van der Waals surface area contributed by atoms with E-state index in [1.54, 1.807) is 0 Å². The molecule has 8 nitrogen and oxygen atoms in total. The van der Waals surface area contributed by atoms with Gasteiger partial charge in [-0.3, -0.25) is 0 Å².